The fourth-order valence-corrected chi connectivity index (χ4v) is 2.04. The molecule has 0 aromatic rings. The maximum atomic E-state index is 2.32. The Labute approximate surface area is 104 Å². The number of rotatable bonds is 11. The molecule has 0 bridgehead atoms. The quantitative estimate of drug-likeness (QED) is 0.293. The molecular weight excluding hydrogens is 192 g/mol. The van der Waals surface area contributed by atoms with Gasteiger partial charge in [0, 0.05) is 0 Å². The predicted molar refractivity (Wildman–Crippen MR) is 75.8 cm³/mol. The standard InChI is InChI=1S/C16H32/c1-4-5-6-7-8-9-10-11-12-13-14-15-16(2)3/h4-5,16H,6-15H2,1-3H3/b5-4+. The van der Waals surface area contributed by atoms with Gasteiger partial charge in [0.2, 0.25) is 0 Å². The highest BCUT2D eigenvalue weighted by atomic mass is 14.0. The minimum Gasteiger partial charge on any atom is -0.0917 e. The molecule has 16 heavy (non-hydrogen) atoms. The Morgan fingerprint density at radius 3 is 1.75 bits per heavy atom. The Hall–Kier alpha value is -0.260. The summed E-state index contributed by atoms with van der Waals surface area (Å²) in [7, 11) is 0. The van der Waals surface area contributed by atoms with E-state index in [2.05, 4.69) is 32.9 Å². The van der Waals surface area contributed by atoms with Crippen LogP contribution in [0.4, 0.5) is 0 Å². The smallest absolute Gasteiger partial charge is 0.0351 e. The highest BCUT2D eigenvalue weighted by molar-refractivity contribution is 4.76. The average molecular weight is 224 g/mol. The van der Waals surface area contributed by atoms with Crippen LogP contribution < -0.4 is 0 Å². The van der Waals surface area contributed by atoms with Crippen LogP contribution in [0.5, 0.6) is 0 Å². The van der Waals surface area contributed by atoms with Gasteiger partial charge in [-0.05, 0) is 25.7 Å². The van der Waals surface area contributed by atoms with E-state index < -0.39 is 0 Å². The van der Waals surface area contributed by atoms with Gasteiger partial charge in [0.15, 0.2) is 0 Å². The summed E-state index contributed by atoms with van der Waals surface area (Å²) in [5, 5.41) is 0. The Morgan fingerprint density at radius 1 is 0.750 bits per heavy atom. The molecular formula is C16H32. The number of unbranched alkanes of at least 4 members (excludes halogenated alkanes) is 8. The van der Waals surface area contributed by atoms with Gasteiger partial charge >= 0.3 is 0 Å². The topological polar surface area (TPSA) is 0 Å². The first-order valence-corrected chi connectivity index (χ1v) is 7.38. The molecule has 0 unspecified atom stereocenters. The molecule has 0 amide bonds. The second-order valence-electron chi connectivity index (χ2n) is 5.37. The van der Waals surface area contributed by atoms with Crippen molar-refractivity contribution in [3.8, 4) is 0 Å². The third kappa shape index (κ3) is 13.7. The Balaban J connectivity index is 2.93. The van der Waals surface area contributed by atoms with Crippen LogP contribution >= 0.6 is 0 Å². The van der Waals surface area contributed by atoms with Crippen LogP contribution in [0.25, 0.3) is 0 Å². The van der Waals surface area contributed by atoms with Crippen molar-refractivity contribution in [3.63, 3.8) is 0 Å². The minimum atomic E-state index is 0.895. The van der Waals surface area contributed by atoms with Crippen LogP contribution in [0.2, 0.25) is 0 Å². The minimum absolute atomic E-state index is 0.895. The predicted octanol–water partition coefficient (Wildman–Crippen LogP) is 6.12. The summed E-state index contributed by atoms with van der Waals surface area (Å²) >= 11 is 0. The van der Waals surface area contributed by atoms with Crippen LogP contribution in [-0.2, 0) is 0 Å². The van der Waals surface area contributed by atoms with Gasteiger partial charge in [-0.2, -0.15) is 0 Å². The molecule has 0 rings (SSSR count). The van der Waals surface area contributed by atoms with Crippen LogP contribution in [0.3, 0.4) is 0 Å². The highest BCUT2D eigenvalue weighted by Gasteiger charge is 1.94. The van der Waals surface area contributed by atoms with E-state index in [0.717, 1.165) is 5.92 Å². The molecule has 0 aromatic heterocycles. The van der Waals surface area contributed by atoms with Crippen molar-refractivity contribution >= 4 is 0 Å². The summed E-state index contributed by atoms with van der Waals surface area (Å²) in [5.41, 5.74) is 0. The molecule has 0 heteroatoms. The first-order chi connectivity index (χ1) is 7.77. The average Bonchev–Trinajstić information content (AvgIpc) is 2.25. The van der Waals surface area contributed by atoms with Crippen molar-refractivity contribution in [1.29, 1.82) is 0 Å². The SMILES string of the molecule is C/C=C/CCCCCCCCCCC(C)C. The van der Waals surface area contributed by atoms with Crippen molar-refractivity contribution < 1.29 is 0 Å². The van der Waals surface area contributed by atoms with E-state index in [1.165, 1.54) is 64.2 Å². The van der Waals surface area contributed by atoms with E-state index in [1.807, 2.05) is 0 Å². The van der Waals surface area contributed by atoms with Gasteiger partial charge < -0.3 is 0 Å². The molecule has 0 N–H and O–H groups in total. The summed E-state index contributed by atoms with van der Waals surface area (Å²) in [5.74, 6) is 0.895. The molecule has 96 valence electrons. The largest absolute Gasteiger partial charge is 0.0917 e. The van der Waals surface area contributed by atoms with Crippen molar-refractivity contribution in [2.24, 2.45) is 5.92 Å². The summed E-state index contributed by atoms with van der Waals surface area (Å²) in [4.78, 5) is 0. The highest BCUT2D eigenvalue weighted by Crippen LogP contribution is 2.12. The summed E-state index contributed by atoms with van der Waals surface area (Å²) in [6, 6.07) is 0. The van der Waals surface area contributed by atoms with Crippen molar-refractivity contribution in [2.45, 2.75) is 85.0 Å². The van der Waals surface area contributed by atoms with Gasteiger partial charge in [0.05, 0.1) is 0 Å². The molecule has 0 nitrogen and oxygen atoms in total. The molecule has 0 aromatic carbocycles. The fourth-order valence-electron chi connectivity index (χ4n) is 2.04. The molecule has 0 atom stereocenters. The molecule has 0 saturated carbocycles. The van der Waals surface area contributed by atoms with Crippen LogP contribution in [0.1, 0.15) is 85.0 Å². The van der Waals surface area contributed by atoms with Crippen LogP contribution in [0.15, 0.2) is 12.2 Å². The van der Waals surface area contributed by atoms with Gasteiger partial charge in [-0.3, -0.25) is 0 Å². The number of hydrogen-bond donors (Lipinski definition) is 0. The molecule has 0 radical (unpaired) electrons. The normalized spacial score (nSPS) is 11.8. The van der Waals surface area contributed by atoms with Gasteiger partial charge in [0.25, 0.3) is 0 Å². The first kappa shape index (κ1) is 15.7. The third-order valence-corrected chi connectivity index (χ3v) is 3.14. The summed E-state index contributed by atoms with van der Waals surface area (Å²) in [6.07, 6.45) is 18.7. The molecule has 0 saturated heterocycles. The molecule has 0 fully saturated rings. The zero-order chi connectivity index (χ0) is 12.1. The van der Waals surface area contributed by atoms with Crippen molar-refractivity contribution in [1.82, 2.24) is 0 Å². The summed E-state index contributed by atoms with van der Waals surface area (Å²) < 4.78 is 0. The van der Waals surface area contributed by atoms with Gasteiger partial charge in [-0.25, -0.2) is 0 Å². The van der Waals surface area contributed by atoms with Crippen LogP contribution in [0, 0.1) is 5.92 Å². The maximum absolute atomic E-state index is 2.32. The van der Waals surface area contributed by atoms with Gasteiger partial charge in [-0.1, -0.05) is 77.4 Å². The fraction of sp³-hybridized carbons (Fsp3) is 0.875. The van der Waals surface area contributed by atoms with E-state index in [9.17, 15) is 0 Å². The number of allylic oxidation sites excluding steroid dienone is 2. The lowest BCUT2D eigenvalue weighted by atomic mass is 10.0. The van der Waals surface area contributed by atoms with Crippen LogP contribution in [-0.4, -0.2) is 0 Å². The van der Waals surface area contributed by atoms with E-state index >= 15 is 0 Å². The maximum Gasteiger partial charge on any atom is -0.0351 e. The van der Waals surface area contributed by atoms with Gasteiger partial charge in [-0.15, -0.1) is 0 Å². The lowest BCUT2D eigenvalue weighted by molar-refractivity contribution is 0.507. The zero-order valence-corrected chi connectivity index (χ0v) is 11.8. The lowest BCUT2D eigenvalue weighted by Gasteiger charge is -2.04. The van der Waals surface area contributed by atoms with Crippen molar-refractivity contribution in [2.75, 3.05) is 0 Å². The van der Waals surface area contributed by atoms with Gasteiger partial charge in [0.1, 0.15) is 0 Å². The van der Waals surface area contributed by atoms with E-state index in [0.29, 0.717) is 0 Å². The van der Waals surface area contributed by atoms with Crippen molar-refractivity contribution in [3.05, 3.63) is 12.2 Å². The number of hydrogen-bond acceptors (Lipinski definition) is 0. The van der Waals surface area contributed by atoms with E-state index in [1.54, 1.807) is 0 Å². The first-order valence-electron chi connectivity index (χ1n) is 7.38. The summed E-state index contributed by atoms with van der Waals surface area (Å²) in [6.45, 7) is 6.76. The van der Waals surface area contributed by atoms with E-state index in [4.69, 9.17) is 0 Å². The Bertz CT molecular complexity index is 144. The molecule has 0 aliphatic rings. The second kappa shape index (κ2) is 12.8. The molecule has 0 heterocycles. The monoisotopic (exact) mass is 224 g/mol. The molecule has 0 aliphatic carbocycles. The lowest BCUT2D eigenvalue weighted by Crippen LogP contribution is -1.87. The van der Waals surface area contributed by atoms with E-state index in [-0.39, 0.29) is 0 Å². The Kier molecular flexibility index (Phi) is 12.6. The third-order valence-electron chi connectivity index (χ3n) is 3.14. The Morgan fingerprint density at radius 2 is 1.25 bits per heavy atom. The molecule has 0 aliphatic heterocycles. The second-order valence-corrected chi connectivity index (χ2v) is 5.37. The molecule has 0 spiro atoms. The zero-order valence-electron chi connectivity index (χ0n) is 11.8.